The summed E-state index contributed by atoms with van der Waals surface area (Å²) in [7, 11) is 0. The second-order valence-electron chi connectivity index (χ2n) is 4.40. The maximum absolute atomic E-state index is 10.9. The van der Waals surface area contributed by atoms with Gasteiger partial charge in [0.25, 0.3) is 0 Å². The average molecular weight is 250 g/mol. The summed E-state index contributed by atoms with van der Waals surface area (Å²) in [4.78, 5) is 10.9. The summed E-state index contributed by atoms with van der Waals surface area (Å²) in [6.45, 7) is 3.64. The van der Waals surface area contributed by atoms with Crippen molar-refractivity contribution in [2.75, 3.05) is 25.1 Å². The maximum atomic E-state index is 10.9. The van der Waals surface area contributed by atoms with E-state index in [0.29, 0.717) is 19.8 Å². The molecule has 18 heavy (non-hydrogen) atoms. The molecular formula is C13H18N2O3. The van der Waals surface area contributed by atoms with Gasteiger partial charge in [-0.15, -0.1) is 0 Å². The average Bonchev–Trinajstić information content (AvgIpc) is 2.60. The molecule has 0 aromatic heterocycles. The van der Waals surface area contributed by atoms with Crippen molar-refractivity contribution in [2.24, 2.45) is 11.7 Å². The number of hydrogen-bond donors (Lipinski definition) is 2. The van der Waals surface area contributed by atoms with E-state index < -0.39 is 0 Å². The monoisotopic (exact) mass is 250 g/mol. The molecule has 0 spiro atoms. The first-order valence-electron chi connectivity index (χ1n) is 6.09. The molecule has 0 fully saturated rings. The van der Waals surface area contributed by atoms with Gasteiger partial charge in [-0.25, -0.2) is 0 Å². The molecule has 98 valence electrons. The Morgan fingerprint density at radius 1 is 1.39 bits per heavy atom. The normalized spacial score (nSPS) is 15.6. The Balaban J connectivity index is 2.02. The lowest BCUT2D eigenvalue weighted by Gasteiger charge is -2.13. The molecule has 0 bridgehead atoms. The van der Waals surface area contributed by atoms with E-state index in [1.165, 1.54) is 0 Å². The van der Waals surface area contributed by atoms with Crippen LogP contribution in [0.2, 0.25) is 0 Å². The van der Waals surface area contributed by atoms with Gasteiger partial charge < -0.3 is 20.5 Å². The molecule has 2 rings (SSSR count). The summed E-state index contributed by atoms with van der Waals surface area (Å²) in [6.07, 6.45) is 0.885. The molecule has 0 aliphatic carbocycles. The van der Waals surface area contributed by atoms with Gasteiger partial charge in [-0.3, -0.25) is 4.79 Å². The molecule has 0 saturated heterocycles. The van der Waals surface area contributed by atoms with Gasteiger partial charge in [-0.05, 0) is 12.1 Å². The Bertz CT molecular complexity index is 434. The first kappa shape index (κ1) is 12.5. The second kappa shape index (κ2) is 5.62. The zero-order valence-electron chi connectivity index (χ0n) is 10.4. The van der Waals surface area contributed by atoms with Crippen LogP contribution in [0.1, 0.15) is 13.3 Å². The number of carbonyl (C=O) groups excluding carboxylic acids is 1. The maximum Gasteiger partial charge on any atom is 0.222 e. The summed E-state index contributed by atoms with van der Waals surface area (Å²) in [5.74, 6) is 0.989. The number of carbonyl (C=O) groups is 1. The molecule has 1 unspecified atom stereocenters. The van der Waals surface area contributed by atoms with E-state index in [2.05, 4.69) is 5.32 Å². The fourth-order valence-corrected chi connectivity index (χ4v) is 1.64. The van der Waals surface area contributed by atoms with E-state index in [4.69, 9.17) is 15.2 Å². The van der Waals surface area contributed by atoms with E-state index in [1.54, 1.807) is 6.92 Å². The third-order valence-electron chi connectivity index (χ3n) is 2.85. The molecule has 1 aromatic carbocycles. The van der Waals surface area contributed by atoms with Crippen molar-refractivity contribution in [3.8, 4) is 11.5 Å². The third kappa shape index (κ3) is 3.06. The van der Waals surface area contributed by atoms with Gasteiger partial charge in [-0.1, -0.05) is 6.92 Å². The number of amides is 1. The van der Waals surface area contributed by atoms with E-state index in [9.17, 15) is 4.79 Å². The zero-order valence-corrected chi connectivity index (χ0v) is 10.4. The van der Waals surface area contributed by atoms with Crippen molar-refractivity contribution >= 4 is 11.6 Å². The lowest BCUT2D eigenvalue weighted by molar-refractivity contribution is -0.120. The molecule has 1 aliphatic heterocycles. The van der Waals surface area contributed by atoms with Crippen molar-refractivity contribution in [2.45, 2.75) is 13.3 Å². The predicted octanol–water partition coefficient (Wildman–Crippen LogP) is 1.38. The summed E-state index contributed by atoms with van der Waals surface area (Å²) < 4.78 is 11.1. The van der Waals surface area contributed by atoms with E-state index in [1.807, 2.05) is 18.2 Å². The molecule has 1 aliphatic rings. The van der Waals surface area contributed by atoms with Crippen molar-refractivity contribution < 1.29 is 14.3 Å². The minimum absolute atomic E-state index is 0.207. The predicted molar refractivity (Wildman–Crippen MR) is 68.9 cm³/mol. The highest BCUT2D eigenvalue weighted by molar-refractivity contribution is 5.76. The van der Waals surface area contributed by atoms with Crippen molar-refractivity contribution in [3.05, 3.63) is 18.2 Å². The molecule has 3 N–H and O–H groups in total. The molecule has 1 atom stereocenters. The molecule has 5 heteroatoms. The number of rotatable bonds is 4. The molecule has 0 saturated carbocycles. The number of fused-ring (bicyclic) bond motifs is 1. The fourth-order valence-electron chi connectivity index (χ4n) is 1.64. The van der Waals surface area contributed by atoms with Gasteiger partial charge >= 0.3 is 0 Å². The number of ether oxygens (including phenoxy) is 2. The zero-order chi connectivity index (χ0) is 13.0. The van der Waals surface area contributed by atoms with Crippen molar-refractivity contribution in [1.29, 1.82) is 0 Å². The highest BCUT2D eigenvalue weighted by Gasteiger charge is 2.12. The lowest BCUT2D eigenvalue weighted by atomic mass is 10.1. The molecule has 1 aromatic rings. The van der Waals surface area contributed by atoms with Crippen LogP contribution in [0.4, 0.5) is 5.69 Å². The Morgan fingerprint density at radius 2 is 2.11 bits per heavy atom. The van der Waals surface area contributed by atoms with E-state index in [-0.39, 0.29) is 11.8 Å². The Morgan fingerprint density at radius 3 is 2.83 bits per heavy atom. The van der Waals surface area contributed by atoms with Crippen molar-refractivity contribution in [1.82, 2.24) is 0 Å². The van der Waals surface area contributed by atoms with Gasteiger partial charge in [0.05, 0.1) is 19.1 Å². The number of benzene rings is 1. The molecule has 0 radical (unpaired) electrons. The van der Waals surface area contributed by atoms with Crippen LogP contribution in [-0.2, 0) is 4.79 Å². The van der Waals surface area contributed by atoms with Gasteiger partial charge in [0.2, 0.25) is 5.91 Å². The smallest absolute Gasteiger partial charge is 0.222 e. The highest BCUT2D eigenvalue weighted by Crippen LogP contribution is 2.32. The van der Waals surface area contributed by atoms with Crippen LogP contribution < -0.4 is 20.5 Å². The van der Waals surface area contributed by atoms with E-state index in [0.717, 1.165) is 23.6 Å². The topological polar surface area (TPSA) is 73.6 Å². The largest absolute Gasteiger partial charge is 0.490 e. The van der Waals surface area contributed by atoms with Crippen LogP contribution in [-0.4, -0.2) is 25.7 Å². The summed E-state index contributed by atoms with van der Waals surface area (Å²) in [5.41, 5.74) is 6.10. The minimum Gasteiger partial charge on any atom is -0.490 e. The van der Waals surface area contributed by atoms with Crippen LogP contribution in [0, 0.1) is 5.92 Å². The quantitative estimate of drug-likeness (QED) is 0.846. The minimum atomic E-state index is -0.308. The lowest BCUT2D eigenvalue weighted by Crippen LogP contribution is -2.26. The second-order valence-corrected chi connectivity index (χ2v) is 4.40. The summed E-state index contributed by atoms with van der Waals surface area (Å²) >= 11 is 0. The SMILES string of the molecule is CC(CNc1ccc2c(c1)OCCCO2)C(N)=O. The molecule has 1 heterocycles. The number of hydrogen-bond acceptors (Lipinski definition) is 4. The molecular weight excluding hydrogens is 232 g/mol. The van der Waals surface area contributed by atoms with Gasteiger partial charge in [0.15, 0.2) is 11.5 Å². The highest BCUT2D eigenvalue weighted by atomic mass is 16.5. The number of primary amides is 1. The van der Waals surface area contributed by atoms with Gasteiger partial charge in [0.1, 0.15) is 0 Å². The first-order valence-corrected chi connectivity index (χ1v) is 6.09. The number of anilines is 1. The van der Waals surface area contributed by atoms with Gasteiger partial charge in [0, 0.05) is 24.7 Å². The van der Waals surface area contributed by atoms with Crippen LogP contribution in [0.15, 0.2) is 18.2 Å². The molecule has 1 amide bonds. The summed E-state index contributed by atoms with van der Waals surface area (Å²) in [6, 6.07) is 5.66. The van der Waals surface area contributed by atoms with Crippen LogP contribution in [0.5, 0.6) is 11.5 Å². The first-order chi connectivity index (χ1) is 8.66. The Hall–Kier alpha value is -1.91. The number of nitrogens with one attached hydrogen (secondary N) is 1. The fraction of sp³-hybridized carbons (Fsp3) is 0.462. The van der Waals surface area contributed by atoms with Crippen LogP contribution in [0.25, 0.3) is 0 Å². The molecule has 5 nitrogen and oxygen atoms in total. The van der Waals surface area contributed by atoms with Gasteiger partial charge in [-0.2, -0.15) is 0 Å². The van der Waals surface area contributed by atoms with Crippen LogP contribution in [0.3, 0.4) is 0 Å². The van der Waals surface area contributed by atoms with E-state index >= 15 is 0 Å². The van der Waals surface area contributed by atoms with Crippen LogP contribution >= 0.6 is 0 Å². The Labute approximate surface area is 106 Å². The number of nitrogens with two attached hydrogens (primary N) is 1. The third-order valence-corrected chi connectivity index (χ3v) is 2.85. The van der Waals surface area contributed by atoms with Crippen molar-refractivity contribution in [3.63, 3.8) is 0 Å². The summed E-state index contributed by atoms with van der Waals surface area (Å²) in [5, 5.41) is 3.16. The standard InChI is InChI=1S/C13H18N2O3/c1-9(13(14)16)8-15-10-3-4-11-12(7-10)18-6-2-5-17-11/h3-4,7,9,15H,2,5-6,8H2,1H3,(H2,14,16). The Kier molecular flexibility index (Phi) is 3.92.